The number of hydrogen-bond donors (Lipinski definition) is 0. The van der Waals surface area contributed by atoms with Crippen LogP contribution in [0.25, 0.3) is 10.9 Å². The fraction of sp³-hybridized carbons (Fsp3) is 0.238. The Labute approximate surface area is 146 Å². The number of fused-ring (bicyclic) bond motifs is 2. The van der Waals surface area contributed by atoms with E-state index in [2.05, 4.69) is 25.1 Å². The minimum absolute atomic E-state index is 0.0122. The van der Waals surface area contributed by atoms with Crippen LogP contribution in [0.1, 0.15) is 16.7 Å². The van der Waals surface area contributed by atoms with Crippen molar-refractivity contribution in [3.63, 3.8) is 0 Å². The Morgan fingerprint density at radius 1 is 1.08 bits per heavy atom. The summed E-state index contributed by atoms with van der Waals surface area (Å²) in [6, 6.07) is 15.3. The Kier molecular flexibility index (Phi) is 3.88. The fourth-order valence-electron chi connectivity index (χ4n) is 3.61. The number of para-hydroxylation sites is 1. The molecule has 4 nitrogen and oxygen atoms in total. The van der Waals surface area contributed by atoms with Gasteiger partial charge in [-0.25, -0.2) is 0 Å². The second-order valence-corrected chi connectivity index (χ2v) is 6.60. The third-order valence-electron chi connectivity index (χ3n) is 5.05. The lowest BCUT2D eigenvalue weighted by Gasteiger charge is -2.30. The Bertz CT molecular complexity index is 1020. The minimum Gasteiger partial charge on any atom is -0.338 e. The fourth-order valence-corrected chi connectivity index (χ4v) is 3.61. The number of rotatable bonds is 2. The molecule has 126 valence electrons. The summed E-state index contributed by atoms with van der Waals surface area (Å²) in [4.78, 5) is 26.7. The molecule has 0 radical (unpaired) electrons. The summed E-state index contributed by atoms with van der Waals surface area (Å²) >= 11 is 0. The van der Waals surface area contributed by atoms with Gasteiger partial charge in [-0.05, 0) is 42.2 Å². The largest absolute Gasteiger partial charge is 0.338 e. The highest BCUT2D eigenvalue weighted by molar-refractivity contribution is 5.82. The molecule has 1 aliphatic heterocycles. The molecule has 0 N–H and O–H groups in total. The number of nitrogens with zero attached hydrogens (tertiary/aromatic N) is 2. The van der Waals surface area contributed by atoms with Crippen LogP contribution in [0.15, 0.2) is 59.5 Å². The molecule has 4 heteroatoms. The van der Waals surface area contributed by atoms with Gasteiger partial charge in [0.05, 0.1) is 5.52 Å². The van der Waals surface area contributed by atoms with Gasteiger partial charge < -0.3 is 9.47 Å². The SMILES string of the molecule is Cc1cccc2c1CN(C(=O)Cn1ccc(=O)c3ccccc31)CC2. The van der Waals surface area contributed by atoms with Crippen molar-refractivity contribution in [2.24, 2.45) is 0 Å². The first kappa shape index (κ1) is 15.6. The number of aryl methyl sites for hydroxylation is 1. The molecule has 25 heavy (non-hydrogen) atoms. The monoisotopic (exact) mass is 332 g/mol. The summed E-state index contributed by atoms with van der Waals surface area (Å²) in [5.74, 6) is 0.0858. The van der Waals surface area contributed by atoms with E-state index in [1.165, 1.54) is 22.8 Å². The smallest absolute Gasteiger partial charge is 0.242 e. The number of amides is 1. The first-order chi connectivity index (χ1) is 12.1. The van der Waals surface area contributed by atoms with Crippen LogP contribution < -0.4 is 5.43 Å². The number of benzene rings is 2. The second-order valence-electron chi connectivity index (χ2n) is 6.60. The first-order valence-electron chi connectivity index (χ1n) is 8.57. The van der Waals surface area contributed by atoms with E-state index in [0.717, 1.165) is 18.5 Å². The summed E-state index contributed by atoms with van der Waals surface area (Å²) in [7, 11) is 0. The van der Waals surface area contributed by atoms with Gasteiger partial charge in [-0.1, -0.05) is 30.3 Å². The molecular weight excluding hydrogens is 312 g/mol. The van der Waals surface area contributed by atoms with Gasteiger partial charge in [0.15, 0.2) is 5.43 Å². The summed E-state index contributed by atoms with van der Waals surface area (Å²) in [5.41, 5.74) is 4.65. The molecule has 0 spiro atoms. The van der Waals surface area contributed by atoms with E-state index in [4.69, 9.17) is 0 Å². The highest BCUT2D eigenvalue weighted by Gasteiger charge is 2.22. The maximum Gasteiger partial charge on any atom is 0.242 e. The van der Waals surface area contributed by atoms with Crippen LogP contribution in [-0.4, -0.2) is 21.9 Å². The zero-order valence-corrected chi connectivity index (χ0v) is 14.2. The number of carbonyl (C=O) groups is 1. The van der Waals surface area contributed by atoms with Gasteiger partial charge >= 0.3 is 0 Å². The maximum absolute atomic E-state index is 12.8. The summed E-state index contributed by atoms with van der Waals surface area (Å²) in [5, 5.41) is 0.651. The van der Waals surface area contributed by atoms with Crippen LogP contribution in [0.5, 0.6) is 0 Å². The summed E-state index contributed by atoms with van der Waals surface area (Å²) in [6.07, 6.45) is 2.61. The van der Waals surface area contributed by atoms with Crippen molar-refractivity contribution in [1.82, 2.24) is 9.47 Å². The first-order valence-corrected chi connectivity index (χ1v) is 8.57. The molecule has 0 atom stereocenters. The van der Waals surface area contributed by atoms with Gasteiger partial charge in [-0.15, -0.1) is 0 Å². The summed E-state index contributed by atoms with van der Waals surface area (Å²) < 4.78 is 1.87. The molecule has 2 heterocycles. The van der Waals surface area contributed by atoms with Crippen molar-refractivity contribution >= 4 is 16.8 Å². The number of pyridine rings is 1. The third kappa shape index (κ3) is 2.84. The van der Waals surface area contributed by atoms with Crippen molar-refractivity contribution in [3.05, 3.63) is 81.6 Å². The van der Waals surface area contributed by atoms with Gasteiger partial charge in [-0.2, -0.15) is 0 Å². The molecule has 1 aliphatic rings. The van der Waals surface area contributed by atoms with Gasteiger partial charge in [-0.3, -0.25) is 9.59 Å². The molecule has 0 unspecified atom stereocenters. The van der Waals surface area contributed by atoms with E-state index in [-0.39, 0.29) is 17.9 Å². The molecule has 0 saturated carbocycles. The number of hydrogen-bond acceptors (Lipinski definition) is 2. The van der Waals surface area contributed by atoms with Gasteiger partial charge in [0, 0.05) is 30.7 Å². The molecule has 0 bridgehead atoms. The van der Waals surface area contributed by atoms with Crippen molar-refractivity contribution in [2.75, 3.05) is 6.54 Å². The third-order valence-corrected chi connectivity index (χ3v) is 5.05. The lowest BCUT2D eigenvalue weighted by atomic mass is 9.95. The highest BCUT2D eigenvalue weighted by Crippen LogP contribution is 2.22. The predicted octanol–water partition coefficient (Wildman–Crippen LogP) is 2.89. The van der Waals surface area contributed by atoms with Crippen molar-refractivity contribution in [1.29, 1.82) is 0 Å². The minimum atomic E-state index is -0.0122. The van der Waals surface area contributed by atoms with Crippen LogP contribution >= 0.6 is 0 Å². The van der Waals surface area contributed by atoms with E-state index >= 15 is 0 Å². The second kappa shape index (κ2) is 6.20. The molecule has 1 amide bonds. The van der Waals surface area contributed by atoms with Crippen LogP contribution in [0.4, 0.5) is 0 Å². The van der Waals surface area contributed by atoms with E-state index in [0.29, 0.717) is 11.9 Å². The number of aromatic nitrogens is 1. The van der Waals surface area contributed by atoms with Crippen LogP contribution in [0, 0.1) is 6.92 Å². The molecule has 0 fully saturated rings. The van der Waals surface area contributed by atoms with Crippen LogP contribution in [0.3, 0.4) is 0 Å². The van der Waals surface area contributed by atoms with Crippen molar-refractivity contribution in [3.8, 4) is 0 Å². The topological polar surface area (TPSA) is 42.3 Å². The lowest BCUT2D eigenvalue weighted by Crippen LogP contribution is -2.38. The average Bonchev–Trinajstić information content (AvgIpc) is 2.64. The quantitative estimate of drug-likeness (QED) is 0.724. The Balaban J connectivity index is 1.61. The Hall–Kier alpha value is -2.88. The van der Waals surface area contributed by atoms with E-state index < -0.39 is 0 Å². The van der Waals surface area contributed by atoms with Crippen molar-refractivity contribution in [2.45, 2.75) is 26.4 Å². The van der Waals surface area contributed by atoms with E-state index in [9.17, 15) is 9.59 Å². The maximum atomic E-state index is 12.8. The standard InChI is InChI=1S/C21H20N2O2/c1-15-5-4-6-16-9-11-23(13-18(15)16)21(25)14-22-12-10-20(24)17-7-2-3-8-19(17)22/h2-8,10,12H,9,11,13-14H2,1H3. The lowest BCUT2D eigenvalue weighted by molar-refractivity contribution is -0.132. The molecule has 2 aromatic carbocycles. The molecule has 1 aromatic heterocycles. The van der Waals surface area contributed by atoms with E-state index in [1.807, 2.05) is 27.7 Å². The molecule has 4 rings (SSSR count). The Morgan fingerprint density at radius 3 is 2.80 bits per heavy atom. The Morgan fingerprint density at radius 2 is 1.92 bits per heavy atom. The molecule has 0 saturated heterocycles. The van der Waals surface area contributed by atoms with Crippen molar-refractivity contribution < 1.29 is 4.79 Å². The van der Waals surface area contributed by atoms with Crippen LogP contribution in [0.2, 0.25) is 0 Å². The molecule has 3 aromatic rings. The predicted molar refractivity (Wildman–Crippen MR) is 98.5 cm³/mol. The van der Waals surface area contributed by atoms with Gasteiger partial charge in [0.2, 0.25) is 5.91 Å². The van der Waals surface area contributed by atoms with Gasteiger partial charge in [0.25, 0.3) is 0 Å². The highest BCUT2D eigenvalue weighted by atomic mass is 16.2. The van der Waals surface area contributed by atoms with E-state index in [1.54, 1.807) is 12.3 Å². The van der Waals surface area contributed by atoms with Gasteiger partial charge in [0.1, 0.15) is 6.54 Å². The molecular formula is C21H20N2O2. The zero-order chi connectivity index (χ0) is 17.4. The van der Waals surface area contributed by atoms with Crippen LogP contribution in [-0.2, 0) is 24.3 Å². The molecule has 0 aliphatic carbocycles. The normalized spacial score (nSPS) is 13.7. The average molecular weight is 332 g/mol. The number of carbonyl (C=O) groups excluding carboxylic acids is 1. The summed E-state index contributed by atoms with van der Waals surface area (Å²) in [6.45, 7) is 3.76. The zero-order valence-electron chi connectivity index (χ0n) is 14.2.